The van der Waals surface area contributed by atoms with E-state index in [1.807, 2.05) is 54.4 Å². The Hall–Kier alpha value is -2.53. The second-order valence-electron chi connectivity index (χ2n) is 8.55. The van der Waals surface area contributed by atoms with Gasteiger partial charge in [-0.25, -0.2) is 0 Å². The van der Waals surface area contributed by atoms with Crippen LogP contribution in [0.15, 0.2) is 47.6 Å². The zero-order chi connectivity index (χ0) is 21.8. The van der Waals surface area contributed by atoms with Crippen molar-refractivity contribution in [2.75, 3.05) is 18.7 Å². The molecule has 2 aromatic rings. The van der Waals surface area contributed by atoms with Gasteiger partial charge >= 0.3 is 0 Å². The molecule has 1 heterocycles. The highest BCUT2D eigenvalue weighted by atomic mass is 35.5. The lowest BCUT2D eigenvalue weighted by Crippen LogP contribution is -2.34. The lowest BCUT2D eigenvalue weighted by atomic mass is 9.89. The van der Waals surface area contributed by atoms with Crippen LogP contribution in [0.4, 0.5) is 5.69 Å². The van der Waals surface area contributed by atoms with E-state index in [4.69, 9.17) is 21.4 Å². The second-order valence-corrected chi connectivity index (χ2v) is 8.96. The van der Waals surface area contributed by atoms with Crippen molar-refractivity contribution < 1.29 is 9.53 Å². The van der Waals surface area contributed by atoms with Crippen LogP contribution < -0.4 is 15.1 Å². The molecule has 0 saturated heterocycles. The number of methoxy groups -OCH3 is 1. The number of carbonyl (C=O) groups excluding carboxylic acids is 1. The summed E-state index contributed by atoms with van der Waals surface area (Å²) < 4.78 is 5.30. The van der Waals surface area contributed by atoms with Crippen LogP contribution in [0.2, 0.25) is 5.02 Å². The first-order valence-corrected chi connectivity index (χ1v) is 11.5. The molecule has 1 fully saturated rings. The molecule has 2 aliphatic rings. The van der Waals surface area contributed by atoms with Crippen LogP contribution in [0.1, 0.15) is 55.7 Å². The molecule has 0 spiro atoms. The first-order chi connectivity index (χ1) is 15.0. The fourth-order valence-electron chi connectivity index (χ4n) is 4.48. The third kappa shape index (κ3) is 5.04. The molecule has 5 nitrogen and oxygen atoms in total. The lowest BCUT2D eigenvalue weighted by molar-refractivity contribution is -0.115. The van der Waals surface area contributed by atoms with Gasteiger partial charge in [-0.15, -0.1) is 0 Å². The number of benzene rings is 2. The minimum Gasteiger partial charge on any atom is -0.497 e. The molecule has 1 amide bonds. The molecule has 1 unspecified atom stereocenters. The quantitative estimate of drug-likeness (QED) is 0.631. The van der Waals surface area contributed by atoms with Crippen LogP contribution in [-0.2, 0) is 4.79 Å². The molecule has 1 aliphatic heterocycles. The Kier molecular flexibility index (Phi) is 6.81. The van der Waals surface area contributed by atoms with E-state index in [9.17, 15) is 4.79 Å². The van der Waals surface area contributed by atoms with E-state index < -0.39 is 0 Å². The van der Waals surface area contributed by atoms with Gasteiger partial charge in [0.05, 0.1) is 23.9 Å². The summed E-state index contributed by atoms with van der Waals surface area (Å²) in [5, 5.41) is 10.4. The highest BCUT2D eigenvalue weighted by Crippen LogP contribution is 2.39. The number of nitrogens with zero attached hydrogens (tertiary/aromatic N) is 2. The van der Waals surface area contributed by atoms with Gasteiger partial charge in [0, 0.05) is 13.0 Å². The molecule has 1 atom stereocenters. The van der Waals surface area contributed by atoms with Gasteiger partial charge in [-0.1, -0.05) is 49.1 Å². The molecule has 6 heteroatoms. The van der Waals surface area contributed by atoms with E-state index in [2.05, 4.69) is 5.32 Å². The molecule has 0 radical (unpaired) electrons. The summed E-state index contributed by atoms with van der Waals surface area (Å²) in [6, 6.07) is 13.7. The minimum atomic E-state index is -0.0958. The van der Waals surface area contributed by atoms with Gasteiger partial charge in [0.2, 0.25) is 0 Å². The van der Waals surface area contributed by atoms with Crippen LogP contribution in [0, 0.1) is 12.8 Å². The molecule has 164 valence electrons. The van der Waals surface area contributed by atoms with E-state index in [0.29, 0.717) is 23.1 Å². The molecular formula is C25H30ClN3O2. The van der Waals surface area contributed by atoms with Crippen molar-refractivity contribution in [1.82, 2.24) is 5.32 Å². The molecule has 0 aromatic heterocycles. The van der Waals surface area contributed by atoms with Crippen LogP contribution >= 0.6 is 11.6 Å². The molecule has 1 N–H and O–H groups in total. The topological polar surface area (TPSA) is 53.9 Å². The number of nitrogens with one attached hydrogen (secondary N) is 1. The fourth-order valence-corrected chi connectivity index (χ4v) is 4.80. The molecule has 1 saturated carbocycles. The number of hydrogen-bond acceptors (Lipinski definition) is 4. The maximum Gasteiger partial charge on any atom is 0.267 e. The number of ether oxygens (including phenoxy) is 1. The van der Waals surface area contributed by atoms with E-state index in [1.165, 1.54) is 32.1 Å². The molecular weight excluding hydrogens is 410 g/mol. The monoisotopic (exact) mass is 439 g/mol. The van der Waals surface area contributed by atoms with Crippen LogP contribution in [0.25, 0.3) is 0 Å². The Morgan fingerprint density at radius 2 is 1.90 bits per heavy atom. The van der Waals surface area contributed by atoms with Crippen molar-refractivity contribution in [3.05, 3.63) is 58.6 Å². The Bertz CT molecular complexity index is 952. The van der Waals surface area contributed by atoms with Gasteiger partial charge in [-0.05, 0) is 61.1 Å². The van der Waals surface area contributed by atoms with E-state index in [1.54, 1.807) is 7.11 Å². The number of aryl methyl sites for hydroxylation is 1. The standard InChI is InChI=1S/C25H30ClN3O2/c1-17-8-13-23(21(26)14-17)29-24(19-9-11-20(31-2)12-10-19)15-22(28-29)25(30)27-16-18-6-4-3-5-7-18/h8-14,18,24H,3-7,15-16H2,1-2H3,(H,27,30). The molecule has 1 aliphatic carbocycles. The third-order valence-corrected chi connectivity index (χ3v) is 6.60. The average Bonchev–Trinajstić information content (AvgIpc) is 3.23. The van der Waals surface area contributed by atoms with E-state index >= 15 is 0 Å². The van der Waals surface area contributed by atoms with Crippen LogP contribution in [-0.4, -0.2) is 25.3 Å². The van der Waals surface area contributed by atoms with E-state index in [-0.39, 0.29) is 11.9 Å². The Labute approximate surface area is 189 Å². The number of carbonyl (C=O) groups is 1. The summed E-state index contributed by atoms with van der Waals surface area (Å²) >= 11 is 6.57. The fraction of sp³-hybridized carbons (Fsp3) is 0.440. The predicted molar refractivity (Wildman–Crippen MR) is 126 cm³/mol. The van der Waals surface area contributed by atoms with Gasteiger partial charge in [0.15, 0.2) is 0 Å². The van der Waals surface area contributed by atoms with E-state index in [0.717, 1.165) is 29.1 Å². The number of rotatable bonds is 6. The zero-order valence-electron chi connectivity index (χ0n) is 18.2. The zero-order valence-corrected chi connectivity index (χ0v) is 19.0. The van der Waals surface area contributed by atoms with Gasteiger partial charge in [-0.3, -0.25) is 9.80 Å². The van der Waals surface area contributed by atoms with Crippen molar-refractivity contribution in [3.63, 3.8) is 0 Å². The second kappa shape index (κ2) is 9.73. The summed E-state index contributed by atoms with van der Waals surface area (Å²) in [4.78, 5) is 13.0. The van der Waals surface area contributed by atoms with Crippen molar-refractivity contribution >= 4 is 28.9 Å². The Morgan fingerprint density at radius 3 is 2.58 bits per heavy atom. The first kappa shape index (κ1) is 21.7. The number of hydrogen-bond donors (Lipinski definition) is 1. The summed E-state index contributed by atoms with van der Waals surface area (Å²) in [5.41, 5.74) is 3.51. The number of anilines is 1. The SMILES string of the molecule is COc1ccc(C2CC(C(=O)NCC3CCCCC3)=NN2c2ccc(C)cc2Cl)cc1. The molecule has 2 aromatic carbocycles. The largest absolute Gasteiger partial charge is 0.497 e. The van der Waals surface area contributed by atoms with Crippen molar-refractivity contribution in [1.29, 1.82) is 0 Å². The summed E-state index contributed by atoms with van der Waals surface area (Å²) in [5.74, 6) is 1.31. The third-order valence-electron chi connectivity index (χ3n) is 6.30. The van der Waals surface area contributed by atoms with Crippen LogP contribution in [0.5, 0.6) is 5.75 Å². The Morgan fingerprint density at radius 1 is 1.16 bits per heavy atom. The van der Waals surface area contributed by atoms with Gasteiger partial charge in [0.1, 0.15) is 11.5 Å². The van der Waals surface area contributed by atoms with Crippen molar-refractivity contribution in [3.8, 4) is 5.75 Å². The van der Waals surface area contributed by atoms with Crippen molar-refractivity contribution in [2.24, 2.45) is 11.0 Å². The molecule has 0 bridgehead atoms. The highest BCUT2D eigenvalue weighted by Gasteiger charge is 2.33. The van der Waals surface area contributed by atoms with Crippen molar-refractivity contribution in [2.45, 2.75) is 51.5 Å². The van der Waals surface area contributed by atoms with Gasteiger partial charge in [-0.2, -0.15) is 5.10 Å². The first-order valence-electron chi connectivity index (χ1n) is 11.1. The Balaban J connectivity index is 1.56. The maximum absolute atomic E-state index is 13.0. The number of halogens is 1. The normalized spacial score (nSPS) is 19.3. The summed E-state index contributed by atoms with van der Waals surface area (Å²) in [6.45, 7) is 2.74. The summed E-state index contributed by atoms with van der Waals surface area (Å²) in [6.07, 6.45) is 6.78. The molecule has 31 heavy (non-hydrogen) atoms. The minimum absolute atomic E-state index is 0.0742. The molecule has 4 rings (SSSR count). The smallest absolute Gasteiger partial charge is 0.267 e. The number of amides is 1. The average molecular weight is 440 g/mol. The number of hydrazone groups is 1. The van der Waals surface area contributed by atoms with Crippen LogP contribution in [0.3, 0.4) is 0 Å². The van der Waals surface area contributed by atoms with Gasteiger partial charge in [0.25, 0.3) is 5.91 Å². The predicted octanol–water partition coefficient (Wildman–Crippen LogP) is 5.66. The van der Waals surface area contributed by atoms with Gasteiger partial charge < -0.3 is 10.1 Å². The lowest BCUT2D eigenvalue weighted by Gasteiger charge is -2.25. The maximum atomic E-state index is 13.0. The summed E-state index contributed by atoms with van der Waals surface area (Å²) in [7, 11) is 1.65. The highest BCUT2D eigenvalue weighted by molar-refractivity contribution is 6.40.